The van der Waals surface area contributed by atoms with Crippen molar-refractivity contribution in [2.75, 3.05) is 6.61 Å². The van der Waals surface area contributed by atoms with Gasteiger partial charge in [0.05, 0.1) is 6.20 Å². The van der Waals surface area contributed by atoms with Crippen molar-refractivity contribution < 1.29 is 9.53 Å². The van der Waals surface area contributed by atoms with Crippen LogP contribution in [-0.2, 0) is 4.74 Å². The van der Waals surface area contributed by atoms with Crippen molar-refractivity contribution in [3.63, 3.8) is 0 Å². The van der Waals surface area contributed by atoms with E-state index in [-0.39, 0.29) is 11.9 Å². The quantitative estimate of drug-likeness (QED) is 0.752. The molecule has 0 aromatic carbocycles. The Bertz CT molecular complexity index is 375. The molecule has 1 saturated carbocycles. The largest absolute Gasteiger partial charge is 0.370 e. The molecule has 0 aliphatic heterocycles. The molecule has 1 fully saturated rings. The van der Waals surface area contributed by atoms with Gasteiger partial charge in [0.2, 0.25) is 5.78 Å². The summed E-state index contributed by atoms with van der Waals surface area (Å²) in [5.41, 5.74) is 0.418. The zero-order chi connectivity index (χ0) is 12.8. The van der Waals surface area contributed by atoms with Crippen LogP contribution in [0.15, 0.2) is 18.6 Å². The Labute approximate surface area is 108 Å². The van der Waals surface area contributed by atoms with Gasteiger partial charge < -0.3 is 4.74 Å². The summed E-state index contributed by atoms with van der Waals surface area (Å²) in [6, 6.07) is 0. The van der Waals surface area contributed by atoms with E-state index in [1.54, 1.807) is 12.4 Å². The Kier molecular flexibility index (Phi) is 4.81. The van der Waals surface area contributed by atoms with Gasteiger partial charge in [-0.1, -0.05) is 19.3 Å². The highest BCUT2D eigenvalue weighted by Gasteiger charge is 2.31. The number of carbonyl (C=O) groups excluding carboxylic acids is 1. The molecule has 4 heteroatoms. The average Bonchev–Trinajstić information content (AvgIpc) is 2.46. The molecular formula is C14H20N2O2. The Hall–Kier alpha value is -1.29. The van der Waals surface area contributed by atoms with Gasteiger partial charge in [-0.25, -0.2) is 4.98 Å². The normalized spacial score (nSPS) is 18.5. The average molecular weight is 248 g/mol. The van der Waals surface area contributed by atoms with Crippen molar-refractivity contribution in [2.45, 2.75) is 45.1 Å². The zero-order valence-electron chi connectivity index (χ0n) is 10.8. The fraction of sp³-hybridized carbons (Fsp3) is 0.643. The summed E-state index contributed by atoms with van der Waals surface area (Å²) in [4.78, 5) is 20.4. The molecule has 1 aromatic heterocycles. The number of nitrogens with zero attached hydrogens (tertiary/aromatic N) is 2. The minimum Gasteiger partial charge on any atom is -0.370 e. The summed E-state index contributed by atoms with van der Waals surface area (Å²) in [6.07, 6.45) is 10.1. The summed E-state index contributed by atoms with van der Waals surface area (Å²) in [7, 11) is 0. The van der Waals surface area contributed by atoms with Crippen LogP contribution in [0, 0.1) is 5.92 Å². The summed E-state index contributed by atoms with van der Waals surface area (Å²) in [5.74, 6) is 0.324. The standard InChI is InChI=1S/C14H20N2O2/c1-2-18-14(11-6-4-3-5-7-11)13(17)12-10-15-8-9-16-12/h8-11,14H,2-7H2,1H3. The molecule has 4 nitrogen and oxygen atoms in total. The molecule has 1 aromatic rings. The van der Waals surface area contributed by atoms with E-state index in [0.29, 0.717) is 18.2 Å². The maximum absolute atomic E-state index is 12.4. The van der Waals surface area contributed by atoms with E-state index in [1.165, 1.54) is 25.5 Å². The van der Waals surface area contributed by atoms with Gasteiger partial charge in [-0.05, 0) is 25.7 Å². The second kappa shape index (κ2) is 6.59. The first-order valence-corrected chi connectivity index (χ1v) is 6.74. The summed E-state index contributed by atoms with van der Waals surface area (Å²) < 4.78 is 5.68. The number of ketones is 1. The van der Waals surface area contributed by atoms with Gasteiger partial charge in [-0.3, -0.25) is 9.78 Å². The molecule has 0 radical (unpaired) electrons. The number of hydrogen-bond donors (Lipinski definition) is 0. The molecule has 1 heterocycles. The number of rotatable bonds is 5. The topological polar surface area (TPSA) is 52.1 Å². The third kappa shape index (κ3) is 3.13. The zero-order valence-corrected chi connectivity index (χ0v) is 10.8. The monoisotopic (exact) mass is 248 g/mol. The molecule has 0 spiro atoms. The highest BCUT2D eigenvalue weighted by molar-refractivity contribution is 5.97. The lowest BCUT2D eigenvalue weighted by Gasteiger charge is -2.28. The van der Waals surface area contributed by atoms with E-state index < -0.39 is 0 Å². The van der Waals surface area contributed by atoms with Crippen LogP contribution in [0.2, 0.25) is 0 Å². The predicted octanol–water partition coefficient (Wildman–Crippen LogP) is 2.64. The van der Waals surface area contributed by atoms with Crippen molar-refractivity contribution in [3.05, 3.63) is 24.3 Å². The van der Waals surface area contributed by atoms with Gasteiger partial charge in [-0.15, -0.1) is 0 Å². The van der Waals surface area contributed by atoms with Crippen molar-refractivity contribution in [1.29, 1.82) is 0 Å². The maximum Gasteiger partial charge on any atom is 0.211 e. The molecular weight excluding hydrogens is 228 g/mol. The van der Waals surface area contributed by atoms with Gasteiger partial charge in [0.25, 0.3) is 0 Å². The SMILES string of the molecule is CCOC(C(=O)c1cnccn1)C1CCCCC1. The fourth-order valence-electron chi connectivity index (χ4n) is 2.61. The first kappa shape index (κ1) is 13.1. The second-order valence-corrected chi connectivity index (χ2v) is 4.73. The number of ether oxygens (including phenoxy) is 1. The van der Waals surface area contributed by atoms with Gasteiger partial charge in [0, 0.05) is 19.0 Å². The molecule has 1 aliphatic carbocycles. The van der Waals surface area contributed by atoms with Crippen molar-refractivity contribution >= 4 is 5.78 Å². The first-order valence-electron chi connectivity index (χ1n) is 6.74. The van der Waals surface area contributed by atoms with E-state index in [2.05, 4.69) is 9.97 Å². The summed E-state index contributed by atoms with van der Waals surface area (Å²) in [5, 5.41) is 0. The molecule has 0 N–H and O–H groups in total. The van der Waals surface area contributed by atoms with Crippen LogP contribution in [0.5, 0.6) is 0 Å². The Morgan fingerprint density at radius 1 is 1.39 bits per heavy atom. The lowest BCUT2D eigenvalue weighted by atomic mass is 9.83. The highest BCUT2D eigenvalue weighted by atomic mass is 16.5. The molecule has 0 bridgehead atoms. The van der Waals surface area contributed by atoms with Gasteiger partial charge in [0.15, 0.2) is 0 Å². The lowest BCUT2D eigenvalue weighted by molar-refractivity contribution is 0.0123. The van der Waals surface area contributed by atoms with Crippen molar-refractivity contribution in [2.24, 2.45) is 5.92 Å². The molecule has 1 unspecified atom stereocenters. The molecule has 1 aliphatic rings. The van der Waals surface area contributed by atoms with Crippen LogP contribution >= 0.6 is 0 Å². The number of aromatic nitrogens is 2. The lowest BCUT2D eigenvalue weighted by Crippen LogP contribution is -2.34. The van der Waals surface area contributed by atoms with E-state index in [0.717, 1.165) is 12.8 Å². The molecule has 2 rings (SSSR count). The van der Waals surface area contributed by atoms with Crippen LogP contribution in [0.25, 0.3) is 0 Å². The van der Waals surface area contributed by atoms with Gasteiger partial charge in [-0.2, -0.15) is 0 Å². The minimum absolute atomic E-state index is 0.0168. The second-order valence-electron chi connectivity index (χ2n) is 4.73. The first-order chi connectivity index (χ1) is 8.83. The van der Waals surface area contributed by atoms with E-state index in [9.17, 15) is 4.79 Å². The van der Waals surface area contributed by atoms with E-state index in [1.807, 2.05) is 6.92 Å². The maximum atomic E-state index is 12.4. The van der Waals surface area contributed by atoms with Gasteiger partial charge >= 0.3 is 0 Å². The number of hydrogen-bond acceptors (Lipinski definition) is 4. The Morgan fingerprint density at radius 3 is 2.78 bits per heavy atom. The van der Waals surface area contributed by atoms with Crippen LogP contribution in [-0.4, -0.2) is 28.5 Å². The predicted molar refractivity (Wildman–Crippen MR) is 68.4 cm³/mol. The van der Waals surface area contributed by atoms with Crippen LogP contribution < -0.4 is 0 Å². The van der Waals surface area contributed by atoms with Gasteiger partial charge in [0.1, 0.15) is 11.8 Å². The number of Topliss-reactive ketones (excluding diaryl/α,β-unsaturated/α-hetero) is 1. The van der Waals surface area contributed by atoms with Crippen molar-refractivity contribution in [3.8, 4) is 0 Å². The molecule has 0 amide bonds. The Morgan fingerprint density at radius 2 is 2.17 bits per heavy atom. The van der Waals surface area contributed by atoms with Crippen molar-refractivity contribution in [1.82, 2.24) is 9.97 Å². The number of carbonyl (C=O) groups is 1. The molecule has 0 saturated heterocycles. The minimum atomic E-state index is -0.341. The van der Waals surface area contributed by atoms with Crippen LogP contribution in [0.3, 0.4) is 0 Å². The van der Waals surface area contributed by atoms with E-state index >= 15 is 0 Å². The smallest absolute Gasteiger partial charge is 0.211 e. The molecule has 1 atom stereocenters. The fourth-order valence-corrected chi connectivity index (χ4v) is 2.61. The van der Waals surface area contributed by atoms with E-state index in [4.69, 9.17) is 4.74 Å². The highest BCUT2D eigenvalue weighted by Crippen LogP contribution is 2.29. The van der Waals surface area contributed by atoms with Crippen LogP contribution in [0.4, 0.5) is 0 Å². The molecule has 98 valence electrons. The summed E-state index contributed by atoms with van der Waals surface area (Å²) in [6.45, 7) is 2.49. The summed E-state index contributed by atoms with van der Waals surface area (Å²) >= 11 is 0. The third-order valence-corrected chi connectivity index (χ3v) is 3.50. The van der Waals surface area contributed by atoms with Crippen LogP contribution in [0.1, 0.15) is 49.5 Å². The third-order valence-electron chi connectivity index (χ3n) is 3.50. The Balaban J connectivity index is 2.11. The molecule has 18 heavy (non-hydrogen) atoms.